The number of carbonyl (C=O) groups excluding carboxylic acids is 1. The number of carbonyl (C=O) groups is 1. The number of aryl methyl sites for hydroxylation is 3. The summed E-state index contributed by atoms with van der Waals surface area (Å²) >= 11 is 6.08. The molecule has 0 saturated carbocycles. The van der Waals surface area contributed by atoms with E-state index in [-0.39, 0.29) is 18.0 Å². The summed E-state index contributed by atoms with van der Waals surface area (Å²) in [5.41, 5.74) is 4.40. The Labute approximate surface area is 196 Å². The third-order valence-electron chi connectivity index (χ3n) is 5.57. The standard InChI is InChI=1S/C25H25ClN4O3/c1-5-17-12-23(32)29(14-22(31)27-20-13-18(26)8-11-21(20)33-4)25-24(17)16(3)28-30(25)19-9-6-15(2)7-10-19/h6-13H,5,14H2,1-4H3,(H,27,31). The van der Waals surface area contributed by atoms with Crippen LogP contribution in [0.1, 0.15) is 23.7 Å². The minimum atomic E-state index is -0.377. The summed E-state index contributed by atoms with van der Waals surface area (Å²) in [5.74, 6) is 0.102. The highest BCUT2D eigenvalue weighted by molar-refractivity contribution is 6.31. The molecule has 7 nitrogen and oxygen atoms in total. The van der Waals surface area contributed by atoms with Crippen molar-refractivity contribution in [2.24, 2.45) is 0 Å². The number of hydrogen-bond donors (Lipinski definition) is 1. The molecule has 0 atom stereocenters. The minimum absolute atomic E-state index is 0.189. The van der Waals surface area contributed by atoms with Gasteiger partial charge < -0.3 is 10.1 Å². The fourth-order valence-corrected chi connectivity index (χ4v) is 4.12. The van der Waals surface area contributed by atoms with Crippen LogP contribution in [0.15, 0.2) is 53.3 Å². The van der Waals surface area contributed by atoms with E-state index in [1.807, 2.05) is 45.0 Å². The van der Waals surface area contributed by atoms with E-state index in [2.05, 4.69) is 5.32 Å². The first kappa shape index (κ1) is 22.6. The third-order valence-corrected chi connectivity index (χ3v) is 5.81. The maximum atomic E-state index is 13.1. The summed E-state index contributed by atoms with van der Waals surface area (Å²) in [4.78, 5) is 26.1. The summed E-state index contributed by atoms with van der Waals surface area (Å²) in [5, 5.41) is 8.87. The van der Waals surface area contributed by atoms with Gasteiger partial charge in [0, 0.05) is 16.5 Å². The molecule has 170 valence electrons. The smallest absolute Gasteiger partial charge is 0.252 e. The molecular weight excluding hydrogens is 440 g/mol. The maximum absolute atomic E-state index is 13.1. The van der Waals surface area contributed by atoms with Crippen molar-refractivity contribution in [3.8, 4) is 11.4 Å². The number of halogens is 1. The topological polar surface area (TPSA) is 78.2 Å². The second kappa shape index (κ2) is 9.11. The molecule has 4 rings (SSSR count). The first-order valence-electron chi connectivity index (χ1n) is 10.6. The molecule has 0 radical (unpaired) electrons. The zero-order chi connectivity index (χ0) is 23.7. The van der Waals surface area contributed by atoms with Crippen LogP contribution < -0.4 is 15.6 Å². The molecule has 0 bridgehead atoms. The van der Waals surface area contributed by atoms with Crippen molar-refractivity contribution in [1.82, 2.24) is 14.3 Å². The average molecular weight is 465 g/mol. The van der Waals surface area contributed by atoms with Gasteiger partial charge in [0.25, 0.3) is 5.56 Å². The van der Waals surface area contributed by atoms with Crippen LogP contribution in [0.5, 0.6) is 5.75 Å². The van der Waals surface area contributed by atoms with Crippen molar-refractivity contribution in [3.05, 3.63) is 80.7 Å². The summed E-state index contributed by atoms with van der Waals surface area (Å²) in [6.07, 6.45) is 0.679. The summed E-state index contributed by atoms with van der Waals surface area (Å²) in [6, 6.07) is 14.4. The van der Waals surface area contributed by atoms with Gasteiger partial charge in [-0.25, -0.2) is 4.68 Å². The van der Waals surface area contributed by atoms with E-state index in [1.54, 1.807) is 28.9 Å². The van der Waals surface area contributed by atoms with E-state index in [0.717, 1.165) is 27.9 Å². The van der Waals surface area contributed by atoms with Gasteiger partial charge in [0.2, 0.25) is 5.91 Å². The highest BCUT2D eigenvalue weighted by Crippen LogP contribution is 2.28. The van der Waals surface area contributed by atoms with Crippen LogP contribution in [0, 0.1) is 13.8 Å². The molecule has 0 aliphatic carbocycles. The Morgan fingerprint density at radius 3 is 2.52 bits per heavy atom. The molecule has 33 heavy (non-hydrogen) atoms. The summed E-state index contributed by atoms with van der Waals surface area (Å²) < 4.78 is 8.50. The lowest BCUT2D eigenvalue weighted by atomic mass is 10.1. The molecule has 2 heterocycles. The van der Waals surface area contributed by atoms with E-state index in [9.17, 15) is 9.59 Å². The van der Waals surface area contributed by atoms with Gasteiger partial charge in [0.15, 0.2) is 0 Å². The number of pyridine rings is 1. The van der Waals surface area contributed by atoms with E-state index in [1.165, 1.54) is 11.7 Å². The predicted octanol–water partition coefficient (Wildman–Crippen LogP) is 4.67. The molecule has 0 saturated heterocycles. The molecule has 4 aromatic rings. The second-order valence-corrected chi connectivity index (χ2v) is 8.31. The number of fused-ring (bicyclic) bond motifs is 1. The average Bonchev–Trinajstić information content (AvgIpc) is 3.13. The number of ether oxygens (including phenoxy) is 1. The highest BCUT2D eigenvalue weighted by Gasteiger charge is 2.20. The number of nitrogens with one attached hydrogen (secondary N) is 1. The third kappa shape index (κ3) is 4.36. The number of nitrogens with zero attached hydrogens (tertiary/aromatic N) is 3. The first-order valence-corrected chi connectivity index (χ1v) is 11.0. The van der Waals surface area contributed by atoms with Gasteiger partial charge in [-0.05, 0) is 56.2 Å². The number of amides is 1. The Morgan fingerprint density at radius 2 is 1.85 bits per heavy atom. The summed E-state index contributed by atoms with van der Waals surface area (Å²) in [7, 11) is 1.51. The molecule has 0 aliphatic heterocycles. The van der Waals surface area contributed by atoms with Crippen molar-refractivity contribution in [2.45, 2.75) is 33.7 Å². The zero-order valence-electron chi connectivity index (χ0n) is 19.0. The Morgan fingerprint density at radius 1 is 1.12 bits per heavy atom. The lowest BCUT2D eigenvalue weighted by Gasteiger charge is -2.14. The van der Waals surface area contributed by atoms with Crippen LogP contribution in [0.2, 0.25) is 5.02 Å². The van der Waals surface area contributed by atoms with Gasteiger partial charge >= 0.3 is 0 Å². The van der Waals surface area contributed by atoms with E-state index >= 15 is 0 Å². The highest BCUT2D eigenvalue weighted by atomic mass is 35.5. The Bertz CT molecular complexity index is 1400. The zero-order valence-corrected chi connectivity index (χ0v) is 19.7. The van der Waals surface area contributed by atoms with Gasteiger partial charge in [-0.2, -0.15) is 5.10 Å². The summed E-state index contributed by atoms with van der Waals surface area (Å²) in [6.45, 7) is 5.74. The number of benzene rings is 2. The first-order chi connectivity index (χ1) is 15.8. The quantitative estimate of drug-likeness (QED) is 0.450. The molecule has 0 fully saturated rings. The Kier molecular flexibility index (Phi) is 6.24. The van der Waals surface area contributed by atoms with Crippen LogP contribution in [-0.2, 0) is 17.8 Å². The number of anilines is 1. The lowest BCUT2D eigenvalue weighted by molar-refractivity contribution is -0.116. The van der Waals surface area contributed by atoms with Crippen LogP contribution in [0.4, 0.5) is 5.69 Å². The number of hydrogen-bond acceptors (Lipinski definition) is 4. The van der Waals surface area contributed by atoms with Crippen LogP contribution in [-0.4, -0.2) is 27.4 Å². The van der Waals surface area contributed by atoms with Gasteiger partial charge in [0.05, 0.1) is 24.2 Å². The van der Waals surface area contributed by atoms with Gasteiger partial charge in [-0.1, -0.05) is 36.2 Å². The van der Waals surface area contributed by atoms with Crippen molar-refractivity contribution < 1.29 is 9.53 Å². The Hall–Kier alpha value is -3.58. The van der Waals surface area contributed by atoms with E-state index in [4.69, 9.17) is 21.4 Å². The second-order valence-electron chi connectivity index (χ2n) is 7.87. The minimum Gasteiger partial charge on any atom is -0.495 e. The SMILES string of the molecule is CCc1cc(=O)n(CC(=O)Nc2cc(Cl)ccc2OC)c2c1c(C)nn2-c1ccc(C)cc1. The fraction of sp³-hybridized carbons (Fsp3) is 0.240. The van der Waals surface area contributed by atoms with Gasteiger partial charge in [-0.15, -0.1) is 0 Å². The van der Waals surface area contributed by atoms with E-state index < -0.39 is 0 Å². The van der Waals surface area contributed by atoms with Gasteiger partial charge in [0.1, 0.15) is 17.9 Å². The molecule has 0 spiro atoms. The Balaban J connectivity index is 1.83. The molecule has 8 heteroatoms. The van der Waals surface area contributed by atoms with E-state index in [0.29, 0.717) is 28.5 Å². The number of rotatable bonds is 6. The molecule has 2 aromatic heterocycles. The lowest BCUT2D eigenvalue weighted by Crippen LogP contribution is -2.29. The predicted molar refractivity (Wildman–Crippen MR) is 131 cm³/mol. The van der Waals surface area contributed by atoms with Crippen molar-refractivity contribution in [1.29, 1.82) is 0 Å². The molecular formula is C25H25ClN4O3. The monoisotopic (exact) mass is 464 g/mol. The molecule has 0 unspecified atom stereocenters. The van der Waals surface area contributed by atoms with Crippen molar-refractivity contribution >= 4 is 34.2 Å². The fourth-order valence-electron chi connectivity index (χ4n) is 3.95. The molecule has 0 aliphatic rings. The largest absolute Gasteiger partial charge is 0.495 e. The molecule has 1 amide bonds. The normalized spacial score (nSPS) is 11.1. The van der Waals surface area contributed by atoms with Crippen molar-refractivity contribution in [3.63, 3.8) is 0 Å². The van der Waals surface area contributed by atoms with Crippen LogP contribution in [0.3, 0.4) is 0 Å². The molecule has 2 aromatic carbocycles. The number of methoxy groups -OCH3 is 1. The number of aromatic nitrogens is 3. The van der Waals surface area contributed by atoms with Crippen LogP contribution in [0.25, 0.3) is 16.7 Å². The molecule has 1 N–H and O–H groups in total. The van der Waals surface area contributed by atoms with Crippen molar-refractivity contribution in [2.75, 3.05) is 12.4 Å². The van der Waals surface area contributed by atoms with Crippen LogP contribution >= 0.6 is 11.6 Å². The maximum Gasteiger partial charge on any atom is 0.252 e. The van der Waals surface area contributed by atoms with Gasteiger partial charge in [-0.3, -0.25) is 14.2 Å².